The number of rotatable bonds is 5. The van der Waals surface area contributed by atoms with Crippen molar-refractivity contribution in [2.45, 2.75) is 18.5 Å². The number of likely N-dealkylation sites (tertiary alicyclic amines) is 1. The molecule has 2 unspecified atom stereocenters. The van der Waals surface area contributed by atoms with Crippen LogP contribution in [0.25, 0.3) is 0 Å². The summed E-state index contributed by atoms with van der Waals surface area (Å²) in [7, 11) is 3.55. The summed E-state index contributed by atoms with van der Waals surface area (Å²) in [5.41, 5.74) is 0. The van der Waals surface area contributed by atoms with Crippen LogP contribution in [0.2, 0.25) is 0 Å². The molecular formula is C9H18N2O3. The quantitative estimate of drug-likeness (QED) is 0.622. The van der Waals surface area contributed by atoms with Gasteiger partial charge in [-0.25, -0.2) is 0 Å². The smallest absolute Gasteiger partial charge is 0.323 e. The summed E-state index contributed by atoms with van der Waals surface area (Å²) >= 11 is 0. The van der Waals surface area contributed by atoms with E-state index < -0.39 is 12.0 Å². The van der Waals surface area contributed by atoms with Gasteiger partial charge in [0.1, 0.15) is 6.04 Å². The topological polar surface area (TPSA) is 61.8 Å². The molecule has 1 aliphatic rings. The maximum Gasteiger partial charge on any atom is 0.323 e. The Morgan fingerprint density at radius 3 is 2.93 bits per heavy atom. The molecule has 1 fully saturated rings. The predicted molar refractivity (Wildman–Crippen MR) is 52.3 cm³/mol. The average Bonchev–Trinajstić information content (AvgIpc) is 2.50. The maximum atomic E-state index is 10.8. The highest BCUT2D eigenvalue weighted by molar-refractivity contribution is 5.73. The van der Waals surface area contributed by atoms with Gasteiger partial charge in [-0.3, -0.25) is 10.1 Å². The third-order valence-electron chi connectivity index (χ3n) is 2.46. The second kappa shape index (κ2) is 5.29. The van der Waals surface area contributed by atoms with Gasteiger partial charge in [0.25, 0.3) is 0 Å². The summed E-state index contributed by atoms with van der Waals surface area (Å²) < 4.78 is 4.85. The van der Waals surface area contributed by atoms with E-state index in [2.05, 4.69) is 10.2 Å². The molecule has 0 bridgehead atoms. The van der Waals surface area contributed by atoms with Gasteiger partial charge >= 0.3 is 5.97 Å². The monoisotopic (exact) mass is 202 g/mol. The van der Waals surface area contributed by atoms with E-state index in [1.54, 1.807) is 0 Å². The third-order valence-corrected chi connectivity index (χ3v) is 2.46. The lowest BCUT2D eigenvalue weighted by Gasteiger charge is -2.18. The number of carboxylic acids is 1. The average molecular weight is 202 g/mol. The van der Waals surface area contributed by atoms with Crippen LogP contribution in [-0.4, -0.2) is 61.9 Å². The van der Waals surface area contributed by atoms with Crippen LogP contribution in [0.1, 0.15) is 6.42 Å². The minimum Gasteiger partial charge on any atom is -0.480 e. The molecule has 0 amide bonds. The Labute approximate surface area is 84.0 Å². The number of carboxylic acid groups (broad SMARTS) is 1. The molecule has 0 saturated carbocycles. The van der Waals surface area contributed by atoms with Crippen molar-refractivity contribution >= 4 is 5.97 Å². The van der Waals surface area contributed by atoms with Crippen molar-refractivity contribution in [1.82, 2.24) is 10.2 Å². The van der Waals surface area contributed by atoms with Gasteiger partial charge in [-0.1, -0.05) is 0 Å². The molecule has 82 valence electrons. The van der Waals surface area contributed by atoms with Gasteiger partial charge in [-0.05, 0) is 20.0 Å². The molecule has 5 nitrogen and oxygen atoms in total. The minimum absolute atomic E-state index is 0.218. The predicted octanol–water partition coefficient (Wildman–Crippen LogP) is -0.620. The van der Waals surface area contributed by atoms with Crippen LogP contribution in [0, 0.1) is 0 Å². The molecule has 1 heterocycles. The Morgan fingerprint density at radius 1 is 1.79 bits per heavy atom. The van der Waals surface area contributed by atoms with Crippen molar-refractivity contribution in [2.75, 3.05) is 33.9 Å². The first-order chi connectivity index (χ1) is 6.63. The normalized spacial score (nSPS) is 25.1. The van der Waals surface area contributed by atoms with Crippen LogP contribution in [0.5, 0.6) is 0 Å². The maximum absolute atomic E-state index is 10.8. The van der Waals surface area contributed by atoms with Gasteiger partial charge in [-0.15, -0.1) is 0 Å². The van der Waals surface area contributed by atoms with Crippen LogP contribution in [-0.2, 0) is 9.53 Å². The Morgan fingerprint density at radius 2 is 2.50 bits per heavy atom. The van der Waals surface area contributed by atoms with Gasteiger partial charge < -0.3 is 14.7 Å². The van der Waals surface area contributed by atoms with E-state index >= 15 is 0 Å². The lowest BCUT2D eigenvalue weighted by molar-refractivity contribution is -0.141. The number of likely N-dealkylation sites (N-methyl/N-ethyl adjacent to an activating group) is 1. The van der Waals surface area contributed by atoms with Crippen molar-refractivity contribution in [3.63, 3.8) is 0 Å². The Bertz CT molecular complexity index is 198. The SMILES string of the molecule is COCC(NC1CCN(C)C1)C(=O)O. The molecule has 0 aliphatic carbocycles. The molecule has 1 rings (SSSR count). The molecule has 5 heteroatoms. The zero-order valence-electron chi connectivity index (χ0n) is 8.69. The van der Waals surface area contributed by atoms with E-state index in [9.17, 15) is 4.79 Å². The van der Waals surface area contributed by atoms with Gasteiger partial charge in [0.15, 0.2) is 0 Å². The third kappa shape index (κ3) is 3.25. The fourth-order valence-corrected chi connectivity index (χ4v) is 1.71. The van der Waals surface area contributed by atoms with Crippen LogP contribution in [0.3, 0.4) is 0 Å². The van der Waals surface area contributed by atoms with Crippen molar-refractivity contribution in [3.05, 3.63) is 0 Å². The summed E-state index contributed by atoms with van der Waals surface area (Å²) in [5, 5.41) is 12.0. The van der Waals surface area contributed by atoms with Gasteiger partial charge in [-0.2, -0.15) is 0 Å². The molecule has 0 spiro atoms. The van der Waals surface area contributed by atoms with E-state index in [1.165, 1.54) is 7.11 Å². The number of aliphatic carboxylic acids is 1. The standard InChI is InChI=1S/C9H18N2O3/c1-11-4-3-7(5-11)10-8(6-14-2)9(12)13/h7-8,10H,3-6H2,1-2H3,(H,12,13). The first-order valence-electron chi connectivity index (χ1n) is 4.80. The molecule has 2 atom stereocenters. The second-order valence-corrected chi connectivity index (χ2v) is 3.76. The first-order valence-corrected chi connectivity index (χ1v) is 4.80. The molecule has 14 heavy (non-hydrogen) atoms. The van der Waals surface area contributed by atoms with Gasteiger partial charge in [0, 0.05) is 19.7 Å². The highest BCUT2D eigenvalue weighted by atomic mass is 16.5. The highest BCUT2D eigenvalue weighted by Gasteiger charge is 2.25. The number of carbonyl (C=O) groups is 1. The molecule has 0 aromatic heterocycles. The van der Waals surface area contributed by atoms with Gasteiger partial charge in [0.2, 0.25) is 0 Å². The number of nitrogens with zero attached hydrogens (tertiary/aromatic N) is 1. The minimum atomic E-state index is -0.846. The Hall–Kier alpha value is -0.650. The highest BCUT2D eigenvalue weighted by Crippen LogP contribution is 2.07. The van der Waals surface area contributed by atoms with Crippen molar-refractivity contribution in [1.29, 1.82) is 0 Å². The first kappa shape index (κ1) is 11.4. The second-order valence-electron chi connectivity index (χ2n) is 3.76. The number of hydrogen-bond donors (Lipinski definition) is 2. The lowest BCUT2D eigenvalue weighted by Crippen LogP contribution is -2.46. The zero-order chi connectivity index (χ0) is 10.6. The number of ether oxygens (including phenoxy) is 1. The lowest BCUT2D eigenvalue weighted by atomic mass is 10.2. The number of methoxy groups -OCH3 is 1. The van der Waals surface area contributed by atoms with E-state index in [0.717, 1.165) is 19.5 Å². The summed E-state index contributed by atoms with van der Waals surface area (Å²) in [6.07, 6.45) is 1.00. The van der Waals surface area contributed by atoms with E-state index in [-0.39, 0.29) is 12.6 Å². The van der Waals surface area contributed by atoms with Crippen molar-refractivity contribution < 1.29 is 14.6 Å². The van der Waals surface area contributed by atoms with Crippen LogP contribution < -0.4 is 5.32 Å². The van der Waals surface area contributed by atoms with Gasteiger partial charge in [0.05, 0.1) is 6.61 Å². The Balaban J connectivity index is 2.35. The summed E-state index contributed by atoms with van der Waals surface area (Å²) in [5.74, 6) is -0.846. The molecule has 1 saturated heterocycles. The molecule has 0 radical (unpaired) electrons. The Kier molecular flexibility index (Phi) is 4.31. The summed E-state index contributed by atoms with van der Waals surface area (Å²) in [4.78, 5) is 13.0. The molecular weight excluding hydrogens is 184 g/mol. The summed E-state index contributed by atoms with van der Waals surface area (Å²) in [6, 6.07) is -0.312. The van der Waals surface area contributed by atoms with E-state index in [0.29, 0.717) is 0 Å². The van der Waals surface area contributed by atoms with Crippen LogP contribution >= 0.6 is 0 Å². The molecule has 0 aromatic carbocycles. The van der Waals surface area contributed by atoms with Crippen LogP contribution in [0.4, 0.5) is 0 Å². The fourth-order valence-electron chi connectivity index (χ4n) is 1.71. The van der Waals surface area contributed by atoms with Crippen molar-refractivity contribution in [2.24, 2.45) is 0 Å². The molecule has 0 aromatic rings. The zero-order valence-corrected chi connectivity index (χ0v) is 8.69. The van der Waals surface area contributed by atoms with E-state index in [4.69, 9.17) is 9.84 Å². The van der Waals surface area contributed by atoms with Crippen LogP contribution in [0.15, 0.2) is 0 Å². The fraction of sp³-hybridized carbons (Fsp3) is 0.889. The molecule has 2 N–H and O–H groups in total. The summed E-state index contributed by atoms with van der Waals surface area (Å²) in [6.45, 7) is 2.15. The van der Waals surface area contributed by atoms with Crippen molar-refractivity contribution in [3.8, 4) is 0 Å². The molecule has 1 aliphatic heterocycles. The number of nitrogens with one attached hydrogen (secondary N) is 1. The van der Waals surface area contributed by atoms with E-state index in [1.807, 2.05) is 7.05 Å². The largest absolute Gasteiger partial charge is 0.480 e. The number of hydrogen-bond acceptors (Lipinski definition) is 4.